The average molecular weight is 473 g/mol. The molecule has 0 aromatic heterocycles. The zero-order valence-corrected chi connectivity index (χ0v) is 20.9. The topological polar surface area (TPSA) is 96.0 Å². The molecule has 2 saturated carbocycles. The molecule has 34 heavy (non-hydrogen) atoms. The van der Waals surface area contributed by atoms with Crippen LogP contribution < -0.4 is 0 Å². The maximum absolute atomic E-state index is 13.4. The number of Topliss-reactive ketones (excluding diaryl/α,β-unsaturated/α-hetero) is 1. The molecular weight excluding hydrogens is 436 g/mol. The molecule has 7 nitrogen and oxygen atoms in total. The van der Waals surface area contributed by atoms with Gasteiger partial charge in [0.2, 0.25) is 5.78 Å². The minimum Gasteiger partial charge on any atom is -0.458 e. The Balaban J connectivity index is 1.65. The quantitative estimate of drug-likeness (QED) is 0.431. The Hall–Kier alpha value is -2.44. The Morgan fingerprint density at radius 3 is 2.29 bits per heavy atom. The number of esters is 3. The van der Waals surface area contributed by atoms with Crippen LogP contribution in [0.4, 0.5) is 0 Å². The Kier molecular flexibility index (Phi) is 6.28. The second-order valence-electron chi connectivity index (χ2n) is 11.0. The van der Waals surface area contributed by atoms with E-state index in [2.05, 4.69) is 26.0 Å². The molecule has 4 rings (SSSR count). The molecule has 0 N–H and O–H groups in total. The van der Waals surface area contributed by atoms with Crippen molar-refractivity contribution in [3.05, 3.63) is 23.5 Å². The molecule has 4 aliphatic rings. The SMILES string of the molecule is CC(=O)OCC(=O)[C@@]1(OC(C)=O)CC[C@@H]2[C@@H]3CC=C4C=C(OC(C)=O)CC[C@]4(C)[C@@H]3CC[C@@]21C. The molecular formula is C27H36O7. The zero-order valence-electron chi connectivity index (χ0n) is 20.9. The highest BCUT2D eigenvalue weighted by molar-refractivity contribution is 5.93. The number of ketones is 1. The smallest absolute Gasteiger partial charge is 0.307 e. The zero-order chi connectivity index (χ0) is 24.9. The lowest BCUT2D eigenvalue weighted by Gasteiger charge is -2.58. The van der Waals surface area contributed by atoms with Crippen molar-refractivity contribution in [2.75, 3.05) is 6.61 Å². The van der Waals surface area contributed by atoms with Gasteiger partial charge in [-0.2, -0.15) is 0 Å². The molecule has 0 heterocycles. The Morgan fingerprint density at radius 1 is 0.941 bits per heavy atom. The van der Waals surface area contributed by atoms with Crippen molar-refractivity contribution >= 4 is 23.7 Å². The van der Waals surface area contributed by atoms with E-state index in [1.165, 1.54) is 26.3 Å². The van der Waals surface area contributed by atoms with Crippen molar-refractivity contribution in [1.29, 1.82) is 0 Å². The van der Waals surface area contributed by atoms with Gasteiger partial charge in [0.25, 0.3) is 0 Å². The van der Waals surface area contributed by atoms with Gasteiger partial charge in [0.05, 0.1) is 0 Å². The van der Waals surface area contributed by atoms with Gasteiger partial charge in [-0.05, 0) is 73.3 Å². The van der Waals surface area contributed by atoms with Crippen molar-refractivity contribution in [2.24, 2.45) is 28.6 Å². The van der Waals surface area contributed by atoms with E-state index in [-0.39, 0.29) is 29.7 Å². The van der Waals surface area contributed by atoms with Crippen molar-refractivity contribution in [1.82, 2.24) is 0 Å². The van der Waals surface area contributed by atoms with Crippen molar-refractivity contribution in [3.63, 3.8) is 0 Å². The largest absolute Gasteiger partial charge is 0.458 e. The monoisotopic (exact) mass is 472 g/mol. The Bertz CT molecular complexity index is 977. The fourth-order valence-corrected chi connectivity index (χ4v) is 7.77. The van der Waals surface area contributed by atoms with Crippen LogP contribution in [0.25, 0.3) is 0 Å². The maximum atomic E-state index is 13.4. The molecule has 4 aliphatic carbocycles. The summed E-state index contributed by atoms with van der Waals surface area (Å²) in [4.78, 5) is 48.4. The molecule has 7 heteroatoms. The van der Waals surface area contributed by atoms with E-state index in [0.29, 0.717) is 18.3 Å². The summed E-state index contributed by atoms with van der Waals surface area (Å²) >= 11 is 0. The first-order chi connectivity index (χ1) is 15.9. The molecule has 0 saturated heterocycles. The molecule has 0 aliphatic heterocycles. The van der Waals surface area contributed by atoms with Crippen molar-refractivity contribution in [2.45, 2.75) is 85.2 Å². The number of allylic oxidation sites excluding steroid dienone is 4. The summed E-state index contributed by atoms with van der Waals surface area (Å²) in [6, 6.07) is 0. The molecule has 0 amide bonds. The number of fused-ring (bicyclic) bond motifs is 5. The van der Waals surface area contributed by atoms with Gasteiger partial charge in [0, 0.05) is 32.6 Å². The number of carbonyl (C=O) groups is 4. The van der Waals surface area contributed by atoms with E-state index in [9.17, 15) is 19.2 Å². The first-order valence-electron chi connectivity index (χ1n) is 12.4. The predicted molar refractivity (Wildman–Crippen MR) is 123 cm³/mol. The molecule has 0 unspecified atom stereocenters. The van der Waals surface area contributed by atoms with Crippen LogP contribution in [0.15, 0.2) is 23.5 Å². The van der Waals surface area contributed by atoms with Crippen LogP contribution >= 0.6 is 0 Å². The first-order valence-corrected chi connectivity index (χ1v) is 12.4. The van der Waals surface area contributed by atoms with Crippen LogP contribution in [0.5, 0.6) is 0 Å². The minimum atomic E-state index is -1.26. The number of hydrogen-bond donors (Lipinski definition) is 0. The Morgan fingerprint density at radius 2 is 1.65 bits per heavy atom. The average Bonchev–Trinajstić information content (AvgIpc) is 3.04. The van der Waals surface area contributed by atoms with Crippen molar-refractivity contribution in [3.8, 4) is 0 Å². The molecule has 0 aromatic carbocycles. The number of rotatable bonds is 5. The van der Waals surface area contributed by atoms with Crippen LogP contribution in [0.1, 0.15) is 79.6 Å². The molecule has 0 bridgehead atoms. The highest BCUT2D eigenvalue weighted by Crippen LogP contribution is 2.67. The van der Waals surface area contributed by atoms with Gasteiger partial charge >= 0.3 is 17.9 Å². The fourth-order valence-electron chi connectivity index (χ4n) is 7.77. The third-order valence-corrected chi connectivity index (χ3v) is 9.30. The summed E-state index contributed by atoms with van der Waals surface area (Å²) in [7, 11) is 0. The van der Waals surface area contributed by atoms with Gasteiger partial charge in [0.1, 0.15) is 5.76 Å². The van der Waals surface area contributed by atoms with Crippen LogP contribution in [0, 0.1) is 28.6 Å². The van der Waals surface area contributed by atoms with Gasteiger partial charge in [-0.25, -0.2) is 0 Å². The van der Waals surface area contributed by atoms with E-state index >= 15 is 0 Å². The van der Waals surface area contributed by atoms with Gasteiger partial charge in [0.15, 0.2) is 12.2 Å². The lowest BCUT2D eigenvalue weighted by Crippen LogP contribution is -2.59. The van der Waals surface area contributed by atoms with Crippen molar-refractivity contribution < 1.29 is 33.4 Å². The highest BCUT2D eigenvalue weighted by Gasteiger charge is 2.68. The van der Waals surface area contributed by atoms with E-state index in [1.54, 1.807) is 0 Å². The normalized spacial score (nSPS) is 38.3. The molecule has 0 spiro atoms. The van der Waals surface area contributed by atoms with E-state index in [4.69, 9.17) is 14.2 Å². The molecule has 186 valence electrons. The van der Waals surface area contributed by atoms with Gasteiger partial charge < -0.3 is 14.2 Å². The van der Waals surface area contributed by atoms with Gasteiger partial charge in [-0.1, -0.05) is 19.9 Å². The van der Waals surface area contributed by atoms with Crippen LogP contribution in [0.3, 0.4) is 0 Å². The highest BCUT2D eigenvalue weighted by atomic mass is 16.6. The van der Waals surface area contributed by atoms with Crippen LogP contribution in [-0.2, 0) is 33.4 Å². The summed E-state index contributed by atoms with van der Waals surface area (Å²) < 4.78 is 16.3. The summed E-state index contributed by atoms with van der Waals surface area (Å²) in [5.74, 6) is 0.170. The van der Waals surface area contributed by atoms with Crippen LogP contribution in [0.2, 0.25) is 0 Å². The molecule has 6 atom stereocenters. The summed E-state index contributed by atoms with van der Waals surface area (Å²) in [5.41, 5.74) is -0.534. The standard InChI is InChI=1S/C27H36O7/c1-16(28)32-15-24(31)27(34-18(3)30)13-10-23-21-7-6-19-14-20(33-17(2)29)8-11-25(19,4)22(21)9-12-26(23,27)5/h6,14,21-23H,7-13,15H2,1-5H3/t21-,22-,23-,25+,26+,27+/m1/s1. The number of ether oxygens (including phenoxy) is 3. The summed E-state index contributed by atoms with van der Waals surface area (Å²) in [6.45, 7) is 8.09. The van der Waals surface area contributed by atoms with Gasteiger partial charge in [-0.3, -0.25) is 19.2 Å². The van der Waals surface area contributed by atoms with E-state index < -0.39 is 23.0 Å². The second kappa shape index (κ2) is 8.65. The molecule has 0 radical (unpaired) electrons. The minimum absolute atomic E-state index is 0.0116. The lowest BCUT2D eigenvalue weighted by molar-refractivity contribution is -0.190. The number of hydrogen-bond acceptors (Lipinski definition) is 7. The molecule has 0 aromatic rings. The second-order valence-corrected chi connectivity index (χ2v) is 11.0. The summed E-state index contributed by atoms with van der Waals surface area (Å²) in [6.07, 6.45) is 9.81. The molecule has 2 fully saturated rings. The fraction of sp³-hybridized carbons (Fsp3) is 0.704. The third kappa shape index (κ3) is 3.81. The van der Waals surface area contributed by atoms with E-state index in [0.717, 1.165) is 44.3 Å². The van der Waals surface area contributed by atoms with Crippen LogP contribution in [-0.4, -0.2) is 35.9 Å². The predicted octanol–water partition coefficient (Wildman–Crippen LogP) is 4.44. The summed E-state index contributed by atoms with van der Waals surface area (Å²) in [5, 5.41) is 0. The third-order valence-electron chi connectivity index (χ3n) is 9.30. The first kappa shape index (κ1) is 24.7. The number of carbonyl (C=O) groups excluding carboxylic acids is 4. The lowest BCUT2D eigenvalue weighted by atomic mass is 9.47. The van der Waals surface area contributed by atoms with Gasteiger partial charge in [-0.15, -0.1) is 0 Å². The maximum Gasteiger partial charge on any atom is 0.307 e. The Labute approximate surface area is 201 Å². The van der Waals surface area contributed by atoms with E-state index in [1.807, 2.05) is 0 Å².